The van der Waals surface area contributed by atoms with Gasteiger partial charge in [0.15, 0.2) is 16.4 Å². The molecule has 6 heteroatoms. The molecule has 0 aliphatic heterocycles. The van der Waals surface area contributed by atoms with Gasteiger partial charge < -0.3 is 15.2 Å². The van der Waals surface area contributed by atoms with E-state index in [1.165, 1.54) is 18.2 Å². The quantitative estimate of drug-likeness (QED) is 0.760. The van der Waals surface area contributed by atoms with E-state index in [0.29, 0.717) is 5.57 Å². The summed E-state index contributed by atoms with van der Waals surface area (Å²) in [5, 5.41) is 12.9. The molecular formula is C17H19ClNO4+. The van der Waals surface area contributed by atoms with Gasteiger partial charge >= 0.3 is 6.09 Å². The zero-order valence-electron chi connectivity index (χ0n) is 13.2. The average Bonchev–Trinajstić information content (AvgIpc) is 2.41. The molecule has 0 bridgehead atoms. The standard InChI is InChI=1S/C17H18ClNO4/c1-16(2,3)23-15(22)19-17(10-11(20)8-9-14(17)21)12-6-4-5-7-13(12)18/h4,6-9,11,20H,10H2,1-3H3/p+1/t11-,17+/m0/s1. The summed E-state index contributed by atoms with van der Waals surface area (Å²) in [4.78, 5) is 24.8. The lowest BCUT2D eigenvalue weighted by atomic mass is 9.76. The lowest BCUT2D eigenvalue weighted by molar-refractivity contribution is -0.121. The molecule has 0 spiro atoms. The van der Waals surface area contributed by atoms with Gasteiger partial charge in [0.1, 0.15) is 23.3 Å². The topological polar surface area (TPSA) is 75.6 Å². The highest BCUT2D eigenvalue weighted by Crippen LogP contribution is 2.35. The van der Waals surface area contributed by atoms with Crippen LogP contribution >= 0.6 is 11.6 Å². The minimum absolute atomic E-state index is 0.0225. The van der Waals surface area contributed by atoms with E-state index in [9.17, 15) is 14.7 Å². The first-order valence-electron chi connectivity index (χ1n) is 7.22. The Bertz CT molecular complexity index is 639. The second kappa shape index (κ2) is 6.28. The zero-order valence-corrected chi connectivity index (χ0v) is 14.0. The van der Waals surface area contributed by atoms with Crippen LogP contribution in [0.25, 0.3) is 0 Å². The summed E-state index contributed by atoms with van der Waals surface area (Å²) in [6, 6.07) is 0. The summed E-state index contributed by atoms with van der Waals surface area (Å²) in [6.45, 7) is 5.17. The summed E-state index contributed by atoms with van der Waals surface area (Å²) in [7, 11) is 0. The number of allylic oxidation sites excluding steroid dienone is 4. The van der Waals surface area contributed by atoms with E-state index in [1.807, 2.05) is 0 Å². The van der Waals surface area contributed by atoms with Gasteiger partial charge in [-0.25, -0.2) is 4.79 Å². The highest BCUT2D eigenvalue weighted by atomic mass is 35.5. The molecule has 0 saturated heterocycles. The van der Waals surface area contributed by atoms with Gasteiger partial charge in [-0.2, -0.15) is 0 Å². The van der Waals surface area contributed by atoms with Crippen molar-refractivity contribution < 1.29 is 19.4 Å². The SMILES string of the molecule is CC(C)(C)OC(=O)N[C@@]1(C2=C(Cl)C=[C+]C=C2)C[C@@H](O)C=CC1=O. The predicted molar refractivity (Wildman–Crippen MR) is 86.7 cm³/mol. The van der Waals surface area contributed by atoms with Crippen molar-refractivity contribution in [1.29, 1.82) is 0 Å². The molecule has 23 heavy (non-hydrogen) atoms. The van der Waals surface area contributed by atoms with Crippen LogP contribution in [0.3, 0.4) is 0 Å². The van der Waals surface area contributed by atoms with Gasteiger partial charge in [-0.3, -0.25) is 4.79 Å². The van der Waals surface area contributed by atoms with E-state index in [-0.39, 0.29) is 17.2 Å². The van der Waals surface area contributed by atoms with Gasteiger partial charge in [-0.15, -0.1) is 0 Å². The Hall–Kier alpha value is -1.94. The Balaban J connectivity index is 2.43. The maximum absolute atomic E-state index is 12.6. The van der Waals surface area contributed by atoms with E-state index in [1.54, 1.807) is 32.9 Å². The number of nitrogens with one attached hydrogen (secondary N) is 1. The number of carbonyl (C=O) groups is 2. The van der Waals surface area contributed by atoms with Crippen molar-refractivity contribution in [1.82, 2.24) is 5.32 Å². The predicted octanol–water partition coefficient (Wildman–Crippen LogP) is 2.56. The van der Waals surface area contributed by atoms with E-state index in [4.69, 9.17) is 16.3 Å². The molecule has 2 atom stereocenters. The molecule has 0 unspecified atom stereocenters. The van der Waals surface area contributed by atoms with Crippen molar-refractivity contribution >= 4 is 23.5 Å². The molecule has 122 valence electrons. The van der Waals surface area contributed by atoms with Gasteiger partial charge in [0.2, 0.25) is 0 Å². The molecule has 0 aromatic carbocycles. The number of hydrogen-bond donors (Lipinski definition) is 2. The molecule has 0 saturated carbocycles. The highest BCUT2D eigenvalue weighted by molar-refractivity contribution is 6.32. The largest absolute Gasteiger partial charge is 0.444 e. The molecule has 0 heterocycles. The number of halogens is 1. The van der Waals surface area contributed by atoms with Gasteiger partial charge in [-0.1, -0.05) is 6.08 Å². The van der Waals surface area contributed by atoms with Crippen molar-refractivity contribution in [2.75, 3.05) is 0 Å². The van der Waals surface area contributed by atoms with E-state index >= 15 is 0 Å². The third kappa shape index (κ3) is 3.88. The molecule has 2 aliphatic rings. The van der Waals surface area contributed by atoms with Crippen molar-refractivity contribution in [2.45, 2.75) is 44.4 Å². The maximum atomic E-state index is 12.6. The molecule has 1 amide bonds. The Morgan fingerprint density at radius 1 is 1.48 bits per heavy atom. The smallest absolute Gasteiger partial charge is 0.408 e. The fraction of sp³-hybridized carbons (Fsp3) is 0.412. The second-order valence-corrected chi connectivity index (χ2v) is 6.84. The molecule has 0 aromatic heterocycles. The number of carbonyl (C=O) groups excluding carboxylic acids is 2. The Labute approximate surface area is 140 Å². The third-order valence-corrected chi connectivity index (χ3v) is 3.71. The van der Waals surface area contributed by atoms with Crippen LogP contribution < -0.4 is 5.32 Å². The molecule has 2 N–H and O–H groups in total. The fourth-order valence-corrected chi connectivity index (χ4v) is 2.77. The van der Waals surface area contributed by atoms with Gasteiger partial charge in [0.05, 0.1) is 12.2 Å². The van der Waals surface area contributed by atoms with Gasteiger partial charge in [0, 0.05) is 24.1 Å². The van der Waals surface area contributed by atoms with Crippen LogP contribution in [0.1, 0.15) is 27.2 Å². The molecular weight excluding hydrogens is 318 g/mol. The number of aliphatic hydroxyl groups is 1. The molecule has 0 radical (unpaired) electrons. The molecule has 0 fully saturated rings. The van der Waals surface area contributed by atoms with E-state index < -0.39 is 23.3 Å². The zero-order chi connectivity index (χ0) is 17.3. The molecule has 2 rings (SSSR count). The minimum Gasteiger partial charge on any atom is -0.444 e. The van der Waals surface area contributed by atoms with Crippen LogP contribution in [0.2, 0.25) is 0 Å². The Kier molecular flexibility index (Phi) is 4.76. The van der Waals surface area contributed by atoms with Crippen molar-refractivity contribution in [3.05, 3.63) is 47.1 Å². The number of ether oxygens (including phenoxy) is 1. The minimum atomic E-state index is -1.47. The molecule has 2 aliphatic carbocycles. The first-order valence-corrected chi connectivity index (χ1v) is 7.60. The molecule has 0 aromatic rings. The van der Waals surface area contributed by atoms with E-state index in [0.717, 1.165) is 0 Å². The van der Waals surface area contributed by atoms with Crippen LogP contribution in [0.15, 0.2) is 41.0 Å². The van der Waals surface area contributed by atoms with E-state index in [2.05, 4.69) is 11.4 Å². The van der Waals surface area contributed by atoms with Crippen LogP contribution in [0, 0.1) is 6.08 Å². The van der Waals surface area contributed by atoms with Crippen LogP contribution in [-0.4, -0.2) is 34.2 Å². The number of alkyl carbamates (subject to hydrolysis) is 1. The summed E-state index contributed by atoms with van der Waals surface area (Å²) >= 11 is 6.20. The maximum Gasteiger partial charge on any atom is 0.408 e. The summed E-state index contributed by atoms with van der Waals surface area (Å²) in [5.74, 6) is -0.373. The number of aliphatic hydroxyl groups excluding tert-OH is 1. The fourth-order valence-electron chi connectivity index (χ4n) is 2.48. The molecule has 5 nitrogen and oxygen atoms in total. The summed E-state index contributed by atoms with van der Waals surface area (Å²) in [6.07, 6.45) is 8.49. The number of hydrogen-bond acceptors (Lipinski definition) is 4. The first-order chi connectivity index (χ1) is 10.6. The monoisotopic (exact) mass is 336 g/mol. The third-order valence-electron chi connectivity index (χ3n) is 3.39. The van der Waals surface area contributed by atoms with Crippen molar-refractivity contribution in [3.63, 3.8) is 0 Å². The van der Waals surface area contributed by atoms with Crippen molar-refractivity contribution in [3.8, 4) is 0 Å². The van der Waals surface area contributed by atoms with Crippen LogP contribution in [-0.2, 0) is 9.53 Å². The van der Waals surface area contributed by atoms with Gasteiger partial charge in [0.25, 0.3) is 0 Å². The lowest BCUT2D eigenvalue weighted by Crippen LogP contribution is -2.59. The normalized spacial score (nSPS) is 27.0. The summed E-state index contributed by atoms with van der Waals surface area (Å²) < 4.78 is 5.25. The van der Waals surface area contributed by atoms with Crippen LogP contribution in [0.5, 0.6) is 0 Å². The number of amides is 1. The first kappa shape index (κ1) is 17.4. The Morgan fingerprint density at radius 3 is 2.78 bits per heavy atom. The Morgan fingerprint density at radius 2 is 2.17 bits per heavy atom. The number of rotatable bonds is 2. The average molecular weight is 337 g/mol. The summed E-state index contributed by atoms with van der Waals surface area (Å²) in [5.41, 5.74) is -1.79. The lowest BCUT2D eigenvalue weighted by Gasteiger charge is -2.35. The van der Waals surface area contributed by atoms with Gasteiger partial charge in [-0.05, 0) is 26.8 Å². The number of ketones is 1. The second-order valence-electron chi connectivity index (χ2n) is 6.43. The van der Waals surface area contributed by atoms with Crippen LogP contribution in [0.4, 0.5) is 4.79 Å². The highest BCUT2D eigenvalue weighted by Gasteiger charge is 2.49. The van der Waals surface area contributed by atoms with Crippen molar-refractivity contribution in [2.24, 2.45) is 0 Å².